The number of nitrogens with zero attached hydrogens (tertiary/aromatic N) is 2. The number of rotatable bonds is 7. The van der Waals surface area contributed by atoms with Crippen LogP contribution in [-0.4, -0.2) is 36.1 Å². The van der Waals surface area contributed by atoms with Gasteiger partial charge in [0, 0.05) is 17.1 Å². The lowest BCUT2D eigenvalue weighted by Gasteiger charge is -2.18. The summed E-state index contributed by atoms with van der Waals surface area (Å²) in [6.07, 6.45) is 3.07. The topological polar surface area (TPSA) is 112 Å². The Labute approximate surface area is 185 Å². The molecule has 7 nitrogen and oxygen atoms in total. The summed E-state index contributed by atoms with van der Waals surface area (Å²) in [6.45, 7) is 4.44. The third-order valence-corrected chi connectivity index (χ3v) is 8.09. The average Bonchev–Trinajstić information content (AvgIpc) is 3.50. The maximum atomic E-state index is 13.6. The van der Waals surface area contributed by atoms with Crippen LogP contribution in [0, 0.1) is 5.92 Å². The Bertz CT molecular complexity index is 1270. The molecule has 1 saturated carbocycles. The van der Waals surface area contributed by atoms with Crippen LogP contribution in [0.5, 0.6) is 5.75 Å². The second-order valence-corrected chi connectivity index (χ2v) is 10.6. The van der Waals surface area contributed by atoms with Crippen molar-refractivity contribution in [1.29, 1.82) is 0 Å². The Morgan fingerprint density at radius 2 is 2.06 bits per heavy atom. The first-order valence-electron chi connectivity index (χ1n) is 9.84. The van der Waals surface area contributed by atoms with E-state index < -0.39 is 26.4 Å². The van der Waals surface area contributed by atoms with Gasteiger partial charge >= 0.3 is 0 Å². The van der Waals surface area contributed by atoms with Crippen molar-refractivity contribution in [2.75, 3.05) is 6.61 Å². The number of halogens is 1. The molecular weight excluding hydrogens is 438 g/mol. The Balaban J connectivity index is 1.78. The molecule has 0 bridgehead atoms. The molecule has 1 aliphatic rings. The Morgan fingerprint density at radius 1 is 1.29 bits per heavy atom. The van der Waals surface area contributed by atoms with E-state index in [0.29, 0.717) is 23.3 Å². The van der Waals surface area contributed by atoms with Crippen LogP contribution in [0.15, 0.2) is 53.7 Å². The molecule has 1 fully saturated rings. The highest BCUT2D eigenvalue weighted by Crippen LogP contribution is 2.56. The van der Waals surface area contributed by atoms with Gasteiger partial charge in [-0.05, 0) is 42.7 Å². The van der Waals surface area contributed by atoms with Crippen molar-refractivity contribution in [1.82, 2.24) is 9.97 Å². The van der Waals surface area contributed by atoms with Crippen molar-refractivity contribution < 1.29 is 17.9 Å². The third kappa shape index (κ3) is 3.64. The van der Waals surface area contributed by atoms with Crippen LogP contribution in [0.25, 0.3) is 10.9 Å². The molecule has 31 heavy (non-hydrogen) atoms. The number of amides is 1. The molecule has 2 atom stereocenters. The molecule has 2 unspecified atom stereocenters. The predicted octanol–water partition coefficient (Wildman–Crippen LogP) is 3.29. The molecule has 2 aromatic heterocycles. The van der Waals surface area contributed by atoms with Crippen molar-refractivity contribution in [3.63, 3.8) is 0 Å². The molecule has 4 rings (SSSR count). The SMILES string of the molecule is CC(C)COc1cnc(Cl)c(C2(C(N)=O)CC2S(=O)(=O)c2cccc3ncccc23)c1. The van der Waals surface area contributed by atoms with Crippen LogP contribution in [0.1, 0.15) is 25.8 Å². The largest absolute Gasteiger partial charge is 0.492 e. The van der Waals surface area contributed by atoms with Crippen LogP contribution < -0.4 is 10.5 Å². The normalized spacial score (nSPS) is 20.7. The second-order valence-electron chi connectivity index (χ2n) is 8.11. The van der Waals surface area contributed by atoms with Crippen LogP contribution >= 0.6 is 11.6 Å². The van der Waals surface area contributed by atoms with Gasteiger partial charge in [0.1, 0.15) is 10.9 Å². The standard InChI is InChI=1S/C22H22ClN3O4S/c1-13(2)12-30-14-9-16(20(23)26-11-14)22(21(24)27)10-19(22)31(28,29)18-7-3-6-17-15(18)5-4-8-25-17/h3-9,11,13,19H,10,12H2,1-2H3,(H2,24,27). The van der Waals surface area contributed by atoms with Crippen LogP contribution in [0.3, 0.4) is 0 Å². The number of sulfone groups is 1. The molecule has 9 heteroatoms. The van der Waals surface area contributed by atoms with Gasteiger partial charge in [-0.25, -0.2) is 13.4 Å². The highest BCUT2D eigenvalue weighted by Gasteiger charge is 2.67. The summed E-state index contributed by atoms with van der Waals surface area (Å²) in [5.41, 5.74) is 5.10. The van der Waals surface area contributed by atoms with E-state index in [4.69, 9.17) is 22.1 Å². The summed E-state index contributed by atoms with van der Waals surface area (Å²) in [6, 6.07) is 9.82. The fraction of sp³-hybridized carbons (Fsp3) is 0.318. The predicted molar refractivity (Wildman–Crippen MR) is 118 cm³/mol. The average molecular weight is 460 g/mol. The zero-order chi connectivity index (χ0) is 22.4. The van der Waals surface area contributed by atoms with Crippen molar-refractivity contribution in [3.05, 3.63) is 59.5 Å². The number of benzene rings is 1. The van der Waals surface area contributed by atoms with Crippen molar-refractivity contribution in [2.45, 2.75) is 35.8 Å². The van der Waals surface area contributed by atoms with Gasteiger partial charge in [0.15, 0.2) is 9.84 Å². The molecule has 0 spiro atoms. The van der Waals surface area contributed by atoms with Crippen LogP contribution in [-0.2, 0) is 20.0 Å². The molecular formula is C22H22ClN3O4S. The molecule has 1 aromatic carbocycles. The number of carbonyl (C=O) groups excluding carboxylic acids is 1. The monoisotopic (exact) mass is 459 g/mol. The van der Waals surface area contributed by atoms with Gasteiger partial charge in [0.2, 0.25) is 5.91 Å². The number of carbonyl (C=O) groups is 1. The summed E-state index contributed by atoms with van der Waals surface area (Å²) >= 11 is 6.30. The minimum Gasteiger partial charge on any atom is -0.492 e. The highest BCUT2D eigenvalue weighted by molar-refractivity contribution is 7.92. The molecule has 1 aliphatic carbocycles. The smallest absolute Gasteiger partial charge is 0.229 e. The van der Waals surface area contributed by atoms with Crippen molar-refractivity contribution >= 4 is 38.2 Å². The number of ether oxygens (including phenoxy) is 1. The van der Waals surface area contributed by atoms with Gasteiger partial charge in [-0.15, -0.1) is 0 Å². The molecule has 0 saturated heterocycles. The van der Waals surface area contributed by atoms with E-state index in [0.717, 1.165) is 0 Å². The number of primary amides is 1. The van der Waals surface area contributed by atoms with Gasteiger partial charge in [-0.3, -0.25) is 9.78 Å². The summed E-state index contributed by atoms with van der Waals surface area (Å²) in [4.78, 5) is 21.0. The lowest BCUT2D eigenvalue weighted by atomic mass is 9.97. The third-order valence-electron chi connectivity index (χ3n) is 5.50. The van der Waals surface area contributed by atoms with E-state index in [1.54, 1.807) is 36.5 Å². The fourth-order valence-corrected chi connectivity index (χ4v) is 6.42. The number of nitrogens with two attached hydrogens (primary N) is 1. The molecule has 2 heterocycles. The maximum Gasteiger partial charge on any atom is 0.229 e. The summed E-state index contributed by atoms with van der Waals surface area (Å²) in [7, 11) is -3.92. The van der Waals surface area contributed by atoms with E-state index in [2.05, 4.69) is 9.97 Å². The van der Waals surface area contributed by atoms with E-state index in [1.807, 2.05) is 13.8 Å². The number of hydrogen-bond acceptors (Lipinski definition) is 6. The number of aromatic nitrogens is 2. The Kier molecular flexibility index (Phi) is 5.39. The first-order chi connectivity index (χ1) is 14.7. The van der Waals surface area contributed by atoms with Crippen molar-refractivity contribution in [2.24, 2.45) is 11.7 Å². The number of fused-ring (bicyclic) bond motifs is 1. The van der Waals surface area contributed by atoms with Gasteiger partial charge in [0.05, 0.1) is 33.9 Å². The Hall–Kier alpha value is -2.71. The zero-order valence-corrected chi connectivity index (χ0v) is 18.7. The number of hydrogen-bond donors (Lipinski definition) is 1. The Morgan fingerprint density at radius 3 is 2.77 bits per heavy atom. The minimum absolute atomic E-state index is 0.0242. The fourth-order valence-electron chi connectivity index (χ4n) is 3.84. The minimum atomic E-state index is -3.92. The highest BCUT2D eigenvalue weighted by atomic mass is 35.5. The summed E-state index contributed by atoms with van der Waals surface area (Å²) in [5, 5.41) is -0.524. The maximum absolute atomic E-state index is 13.6. The zero-order valence-electron chi connectivity index (χ0n) is 17.1. The molecule has 0 aliphatic heterocycles. The van der Waals surface area contributed by atoms with E-state index in [9.17, 15) is 13.2 Å². The van der Waals surface area contributed by atoms with E-state index in [-0.39, 0.29) is 28.0 Å². The lowest BCUT2D eigenvalue weighted by molar-refractivity contribution is -0.120. The van der Waals surface area contributed by atoms with Gasteiger partial charge in [-0.2, -0.15) is 0 Å². The van der Waals surface area contributed by atoms with Crippen LogP contribution in [0.2, 0.25) is 5.15 Å². The van der Waals surface area contributed by atoms with E-state index >= 15 is 0 Å². The van der Waals surface area contributed by atoms with E-state index in [1.165, 1.54) is 12.3 Å². The quantitative estimate of drug-likeness (QED) is 0.542. The number of pyridine rings is 2. The lowest BCUT2D eigenvalue weighted by Crippen LogP contribution is -2.34. The first kappa shape index (κ1) is 21.5. The van der Waals surface area contributed by atoms with Gasteiger partial charge in [0.25, 0.3) is 0 Å². The van der Waals surface area contributed by atoms with Gasteiger partial charge < -0.3 is 10.5 Å². The second kappa shape index (κ2) is 7.76. The molecule has 0 radical (unpaired) electrons. The molecule has 2 N–H and O–H groups in total. The van der Waals surface area contributed by atoms with Crippen molar-refractivity contribution in [3.8, 4) is 5.75 Å². The summed E-state index contributed by atoms with van der Waals surface area (Å²) in [5.74, 6) is -0.0754. The molecule has 1 amide bonds. The summed E-state index contributed by atoms with van der Waals surface area (Å²) < 4.78 is 32.9. The van der Waals surface area contributed by atoms with Gasteiger partial charge in [-0.1, -0.05) is 31.5 Å². The first-order valence-corrected chi connectivity index (χ1v) is 11.8. The molecule has 3 aromatic rings. The van der Waals surface area contributed by atoms with Crippen LogP contribution in [0.4, 0.5) is 0 Å². The molecule has 162 valence electrons.